The third-order valence-electron chi connectivity index (χ3n) is 12.6. The molecule has 2 fully saturated rings. The number of carbonyl (C=O) groups is 4. The summed E-state index contributed by atoms with van der Waals surface area (Å²) in [5.74, 6) is -1.60. The fourth-order valence-electron chi connectivity index (χ4n) is 10.4. The summed E-state index contributed by atoms with van der Waals surface area (Å²) in [4.78, 5) is 57.4. The SMILES string of the molecule is O=C1C(=O)c2ccccc2/C1=C/C1=Cc2sc3c4c(sc3c2C12CCCCC2)-c1sc(/C=C2\C(=O)C(=O)c3ccccc32)cc1C41CCCCC1. The number of allylic oxidation sites excluding steroid dienone is 4. The molecule has 250 valence electrons. The predicted octanol–water partition coefficient (Wildman–Crippen LogP) is 11.0. The van der Waals surface area contributed by atoms with Gasteiger partial charge in [-0.2, -0.15) is 0 Å². The molecule has 0 radical (unpaired) electrons. The van der Waals surface area contributed by atoms with Gasteiger partial charge in [-0.25, -0.2) is 0 Å². The van der Waals surface area contributed by atoms with Gasteiger partial charge in [-0.3, -0.25) is 19.2 Å². The van der Waals surface area contributed by atoms with Gasteiger partial charge in [-0.05, 0) is 77.8 Å². The van der Waals surface area contributed by atoms with Crippen LogP contribution in [0.2, 0.25) is 0 Å². The van der Waals surface area contributed by atoms with Gasteiger partial charge in [0.25, 0.3) is 0 Å². The van der Waals surface area contributed by atoms with Crippen molar-refractivity contribution in [1.82, 2.24) is 0 Å². The van der Waals surface area contributed by atoms with E-state index in [0.717, 1.165) is 54.5 Å². The zero-order valence-corrected chi connectivity index (χ0v) is 30.3. The number of Topliss-reactive ketones (excluding diaryl/α,β-unsaturated/α-hetero) is 4. The van der Waals surface area contributed by atoms with Crippen molar-refractivity contribution in [2.24, 2.45) is 0 Å². The average Bonchev–Trinajstić information content (AvgIpc) is 4.00. The van der Waals surface area contributed by atoms with Crippen molar-refractivity contribution in [2.75, 3.05) is 0 Å². The Labute approximate surface area is 307 Å². The van der Waals surface area contributed by atoms with Crippen LogP contribution in [0.5, 0.6) is 0 Å². The van der Waals surface area contributed by atoms with Crippen LogP contribution in [-0.2, 0) is 20.4 Å². The van der Waals surface area contributed by atoms with Crippen LogP contribution >= 0.6 is 34.0 Å². The molecule has 2 spiro atoms. The Bertz CT molecular complexity index is 2570. The normalized spacial score (nSPS) is 22.4. The number of hydrogen-bond acceptors (Lipinski definition) is 7. The van der Waals surface area contributed by atoms with Gasteiger partial charge < -0.3 is 0 Å². The molecule has 0 aliphatic heterocycles. The number of thiophene rings is 3. The lowest BCUT2D eigenvalue weighted by atomic mass is 9.66. The molecule has 11 rings (SSSR count). The number of rotatable bonds is 2. The zero-order valence-electron chi connectivity index (χ0n) is 27.9. The maximum atomic E-state index is 13.4. The van der Waals surface area contributed by atoms with Gasteiger partial charge in [0, 0.05) is 53.3 Å². The van der Waals surface area contributed by atoms with Gasteiger partial charge >= 0.3 is 0 Å². The molecule has 51 heavy (non-hydrogen) atoms. The molecule has 2 aromatic carbocycles. The van der Waals surface area contributed by atoms with Crippen molar-refractivity contribution in [2.45, 2.75) is 75.0 Å². The molecule has 2 saturated carbocycles. The second-order valence-electron chi connectivity index (χ2n) is 15.1. The Hall–Kier alpha value is -4.30. The molecule has 3 heterocycles. The summed E-state index contributed by atoms with van der Waals surface area (Å²) in [6, 6.07) is 17.1. The van der Waals surface area contributed by atoms with Crippen molar-refractivity contribution in [3.8, 4) is 9.75 Å². The molecular formula is C44H32O4S3. The maximum absolute atomic E-state index is 13.4. The Balaban J connectivity index is 1.08. The molecule has 5 aromatic rings. The van der Waals surface area contributed by atoms with E-state index in [1.807, 2.05) is 65.1 Å². The minimum Gasteiger partial charge on any atom is -0.285 e. The highest BCUT2D eigenvalue weighted by Crippen LogP contribution is 2.67. The van der Waals surface area contributed by atoms with Crippen LogP contribution in [0.3, 0.4) is 0 Å². The molecule has 0 amide bonds. The lowest BCUT2D eigenvalue weighted by Crippen LogP contribution is -2.29. The van der Waals surface area contributed by atoms with Crippen molar-refractivity contribution in [1.29, 1.82) is 0 Å². The van der Waals surface area contributed by atoms with E-state index >= 15 is 0 Å². The Morgan fingerprint density at radius 3 is 1.71 bits per heavy atom. The van der Waals surface area contributed by atoms with Crippen molar-refractivity contribution in [3.63, 3.8) is 0 Å². The minimum atomic E-state index is -0.410. The summed E-state index contributed by atoms with van der Waals surface area (Å²) in [6.45, 7) is 0. The largest absolute Gasteiger partial charge is 0.285 e. The Kier molecular flexibility index (Phi) is 6.32. The third kappa shape index (κ3) is 3.89. The highest BCUT2D eigenvalue weighted by atomic mass is 32.1. The predicted molar refractivity (Wildman–Crippen MR) is 207 cm³/mol. The van der Waals surface area contributed by atoms with E-state index in [2.05, 4.69) is 18.2 Å². The quantitative estimate of drug-likeness (QED) is 0.134. The molecule has 0 atom stereocenters. The van der Waals surface area contributed by atoms with Crippen LogP contribution in [0.25, 0.3) is 42.5 Å². The van der Waals surface area contributed by atoms with E-state index in [1.165, 1.54) is 72.0 Å². The first-order valence-corrected chi connectivity index (χ1v) is 20.6. The molecular weight excluding hydrogens is 689 g/mol. The number of hydrogen-bond donors (Lipinski definition) is 0. The average molecular weight is 721 g/mol. The van der Waals surface area contributed by atoms with E-state index < -0.39 is 17.3 Å². The second-order valence-corrected chi connectivity index (χ2v) is 18.3. The first-order chi connectivity index (χ1) is 24.9. The van der Waals surface area contributed by atoms with Crippen LogP contribution in [0, 0.1) is 0 Å². The lowest BCUT2D eigenvalue weighted by Gasteiger charge is -2.36. The van der Waals surface area contributed by atoms with Gasteiger partial charge in [0.05, 0.1) is 14.3 Å². The summed E-state index contributed by atoms with van der Waals surface area (Å²) in [5, 5.41) is 0. The number of fused-ring (bicyclic) bond motifs is 12. The Morgan fingerprint density at radius 1 is 0.529 bits per heavy atom. The third-order valence-corrected chi connectivity index (χ3v) is 16.4. The molecule has 6 aliphatic carbocycles. The minimum absolute atomic E-state index is 0.0327. The second kappa shape index (κ2) is 10.6. The van der Waals surface area contributed by atoms with E-state index in [1.54, 1.807) is 23.5 Å². The highest BCUT2D eigenvalue weighted by molar-refractivity contribution is 7.32. The van der Waals surface area contributed by atoms with E-state index in [0.29, 0.717) is 22.3 Å². The number of ketones is 4. The van der Waals surface area contributed by atoms with Gasteiger partial charge in [0.15, 0.2) is 0 Å². The highest BCUT2D eigenvalue weighted by Gasteiger charge is 2.51. The van der Waals surface area contributed by atoms with Crippen molar-refractivity contribution >= 4 is 89.8 Å². The fourth-order valence-corrected chi connectivity index (χ4v) is 14.9. The zero-order chi connectivity index (χ0) is 34.2. The molecule has 0 bridgehead atoms. The summed E-state index contributed by atoms with van der Waals surface area (Å²) in [6.07, 6.45) is 17.9. The summed E-state index contributed by atoms with van der Waals surface area (Å²) >= 11 is 5.68. The van der Waals surface area contributed by atoms with Gasteiger partial charge in [-0.15, -0.1) is 34.0 Å². The monoisotopic (exact) mass is 720 g/mol. The smallest absolute Gasteiger partial charge is 0.234 e. The van der Waals surface area contributed by atoms with Crippen molar-refractivity contribution < 1.29 is 19.2 Å². The molecule has 0 saturated heterocycles. The van der Waals surface area contributed by atoms with Crippen molar-refractivity contribution in [3.05, 3.63) is 115 Å². The van der Waals surface area contributed by atoms with E-state index in [-0.39, 0.29) is 16.6 Å². The maximum Gasteiger partial charge on any atom is 0.234 e. The van der Waals surface area contributed by atoms with E-state index in [4.69, 9.17) is 0 Å². The van der Waals surface area contributed by atoms with Gasteiger partial charge in [0.2, 0.25) is 23.1 Å². The summed E-state index contributed by atoms with van der Waals surface area (Å²) in [7, 11) is 0. The van der Waals surface area contributed by atoms with Gasteiger partial charge in [0.1, 0.15) is 0 Å². The van der Waals surface area contributed by atoms with E-state index in [9.17, 15) is 19.2 Å². The topological polar surface area (TPSA) is 68.3 Å². The molecule has 4 nitrogen and oxygen atoms in total. The lowest BCUT2D eigenvalue weighted by molar-refractivity contribution is -0.110. The molecule has 0 N–H and O–H groups in total. The van der Waals surface area contributed by atoms with Crippen LogP contribution < -0.4 is 0 Å². The number of carbonyl (C=O) groups excluding carboxylic acids is 4. The Morgan fingerprint density at radius 2 is 1.08 bits per heavy atom. The molecule has 6 aliphatic rings. The molecule has 3 aromatic heterocycles. The first-order valence-electron chi connectivity index (χ1n) is 18.2. The first kappa shape index (κ1) is 30.3. The van der Waals surface area contributed by atoms with Crippen LogP contribution in [-0.4, -0.2) is 23.1 Å². The van der Waals surface area contributed by atoms with Crippen LogP contribution in [0.1, 0.15) is 122 Å². The fraction of sp³-hybridized carbons (Fsp3) is 0.273. The van der Waals surface area contributed by atoms with Gasteiger partial charge in [-0.1, -0.05) is 87.1 Å². The summed E-state index contributed by atoms with van der Waals surface area (Å²) < 4.78 is 2.86. The molecule has 0 unspecified atom stereocenters. The molecule has 7 heteroatoms. The van der Waals surface area contributed by atoms with Crippen LogP contribution in [0.15, 0.2) is 66.2 Å². The standard InChI is InChI=1S/C44H32O4S3/c45-35-27-13-5-3-11-25(27)29(37(35)47)19-23-20-32-33(43(23)15-7-1-8-16-43)40-42(50-32)34-41(51-40)39-31(44(34)17-9-2-10-18-44)22-24(49-39)21-30-26-12-4-6-14-28(26)36(46)38(30)48/h3-6,11-14,19-22H,1-2,7-10,15-18H2/b29-19-,30-21-. The van der Waals surface area contributed by atoms with Crippen LogP contribution in [0.4, 0.5) is 0 Å². The summed E-state index contributed by atoms with van der Waals surface area (Å²) in [5.41, 5.74) is 8.98. The number of benzene rings is 2.